The predicted molar refractivity (Wildman–Crippen MR) is 63.5 cm³/mol. The topological polar surface area (TPSA) is 38.9 Å². The number of rotatable bonds is 2. The fourth-order valence-electron chi connectivity index (χ4n) is 1.53. The van der Waals surface area contributed by atoms with Gasteiger partial charge in [-0.05, 0) is 30.2 Å². The third kappa shape index (κ3) is 2.15. The molecule has 1 heterocycles. The van der Waals surface area contributed by atoms with Crippen molar-refractivity contribution in [3.8, 4) is 11.3 Å². The summed E-state index contributed by atoms with van der Waals surface area (Å²) in [7, 11) is 0. The summed E-state index contributed by atoms with van der Waals surface area (Å²) in [5.41, 5.74) is 9.74. The summed E-state index contributed by atoms with van der Waals surface area (Å²) in [6.07, 6.45) is 2.73. The second-order valence-electron chi connectivity index (χ2n) is 3.53. The quantitative estimate of drug-likeness (QED) is 0.805. The SMILES string of the molecule is CCc1cccc(-c2ccc(N)cn2)c1. The highest BCUT2D eigenvalue weighted by Gasteiger charge is 1.99. The average Bonchev–Trinajstić information content (AvgIpc) is 2.30. The number of nitrogen functional groups attached to an aromatic ring is 1. The number of anilines is 1. The van der Waals surface area contributed by atoms with E-state index in [1.807, 2.05) is 12.1 Å². The van der Waals surface area contributed by atoms with E-state index < -0.39 is 0 Å². The van der Waals surface area contributed by atoms with Crippen LogP contribution in [0.15, 0.2) is 42.6 Å². The van der Waals surface area contributed by atoms with Crippen molar-refractivity contribution in [2.75, 3.05) is 5.73 Å². The van der Waals surface area contributed by atoms with E-state index in [9.17, 15) is 0 Å². The molecule has 0 saturated carbocycles. The first-order chi connectivity index (χ1) is 7.29. The third-order valence-electron chi connectivity index (χ3n) is 2.42. The van der Waals surface area contributed by atoms with Crippen molar-refractivity contribution >= 4 is 5.69 Å². The minimum Gasteiger partial charge on any atom is -0.397 e. The number of nitrogens with zero attached hydrogens (tertiary/aromatic N) is 1. The van der Waals surface area contributed by atoms with Crippen molar-refractivity contribution in [2.45, 2.75) is 13.3 Å². The summed E-state index contributed by atoms with van der Waals surface area (Å²) >= 11 is 0. The molecule has 0 aliphatic heterocycles. The maximum Gasteiger partial charge on any atom is 0.0703 e. The van der Waals surface area contributed by atoms with E-state index in [2.05, 4.69) is 36.2 Å². The molecule has 1 aromatic carbocycles. The summed E-state index contributed by atoms with van der Waals surface area (Å²) in [6, 6.07) is 12.2. The Morgan fingerprint density at radius 2 is 2.07 bits per heavy atom. The van der Waals surface area contributed by atoms with E-state index in [1.165, 1.54) is 5.56 Å². The minimum atomic E-state index is 0.699. The summed E-state index contributed by atoms with van der Waals surface area (Å²) in [6.45, 7) is 2.15. The molecule has 2 aromatic rings. The van der Waals surface area contributed by atoms with Crippen molar-refractivity contribution in [3.63, 3.8) is 0 Å². The van der Waals surface area contributed by atoms with Gasteiger partial charge < -0.3 is 5.73 Å². The lowest BCUT2D eigenvalue weighted by Gasteiger charge is -2.03. The molecule has 0 aliphatic rings. The first-order valence-corrected chi connectivity index (χ1v) is 5.10. The monoisotopic (exact) mass is 198 g/mol. The molecule has 0 aliphatic carbocycles. The number of hydrogen-bond donors (Lipinski definition) is 1. The zero-order chi connectivity index (χ0) is 10.7. The van der Waals surface area contributed by atoms with Gasteiger partial charge in [0.05, 0.1) is 17.6 Å². The highest BCUT2D eigenvalue weighted by molar-refractivity contribution is 5.61. The average molecular weight is 198 g/mol. The van der Waals surface area contributed by atoms with Gasteiger partial charge in [0, 0.05) is 5.56 Å². The first kappa shape index (κ1) is 9.71. The van der Waals surface area contributed by atoms with Gasteiger partial charge in [-0.25, -0.2) is 0 Å². The van der Waals surface area contributed by atoms with Crippen molar-refractivity contribution in [2.24, 2.45) is 0 Å². The molecule has 0 fully saturated rings. The summed E-state index contributed by atoms with van der Waals surface area (Å²) in [5, 5.41) is 0. The fourth-order valence-corrected chi connectivity index (χ4v) is 1.53. The second-order valence-corrected chi connectivity index (χ2v) is 3.53. The van der Waals surface area contributed by atoms with Crippen molar-refractivity contribution in [1.82, 2.24) is 4.98 Å². The van der Waals surface area contributed by atoms with Crippen LogP contribution in [-0.2, 0) is 6.42 Å². The second kappa shape index (κ2) is 4.13. The van der Waals surface area contributed by atoms with Crippen LogP contribution >= 0.6 is 0 Å². The molecule has 1 aromatic heterocycles. The van der Waals surface area contributed by atoms with Gasteiger partial charge in [0.25, 0.3) is 0 Å². The zero-order valence-corrected chi connectivity index (χ0v) is 8.77. The van der Waals surface area contributed by atoms with Crippen LogP contribution in [0.25, 0.3) is 11.3 Å². The van der Waals surface area contributed by atoms with Crippen LogP contribution in [0.5, 0.6) is 0 Å². The normalized spacial score (nSPS) is 10.2. The number of aromatic nitrogens is 1. The zero-order valence-electron chi connectivity index (χ0n) is 8.77. The summed E-state index contributed by atoms with van der Waals surface area (Å²) in [4.78, 5) is 4.30. The van der Waals surface area contributed by atoms with Gasteiger partial charge in [-0.3, -0.25) is 4.98 Å². The maximum atomic E-state index is 5.60. The Balaban J connectivity index is 2.40. The maximum absolute atomic E-state index is 5.60. The predicted octanol–water partition coefficient (Wildman–Crippen LogP) is 2.89. The van der Waals surface area contributed by atoms with Crippen molar-refractivity contribution in [3.05, 3.63) is 48.2 Å². The van der Waals surface area contributed by atoms with Gasteiger partial charge in [-0.2, -0.15) is 0 Å². The van der Waals surface area contributed by atoms with Gasteiger partial charge in [0.1, 0.15) is 0 Å². The van der Waals surface area contributed by atoms with Crippen molar-refractivity contribution < 1.29 is 0 Å². The van der Waals surface area contributed by atoms with Crippen LogP contribution in [0.4, 0.5) is 5.69 Å². The third-order valence-corrected chi connectivity index (χ3v) is 2.42. The number of aryl methyl sites for hydroxylation is 1. The van der Waals surface area contributed by atoms with Gasteiger partial charge in [0.2, 0.25) is 0 Å². The molecule has 0 atom stereocenters. The smallest absolute Gasteiger partial charge is 0.0703 e. The molecular weight excluding hydrogens is 184 g/mol. The Kier molecular flexibility index (Phi) is 2.68. The van der Waals surface area contributed by atoms with Crippen LogP contribution < -0.4 is 5.73 Å². The molecule has 0 radical (unpaired) electrons. The Morgan fingerprint density at radius 3 is 2.73 bits per heavy atom. The molecule has 2 heteroatoms. The fraction of sp³-hybridized carbons (Fsp3) is 0.154. The molecule has 2 N–H and O–H groups in total. The van der Waals surface area contributed by atoms with Crippen molar-refractivity contribution in [1.29, 1.82) is 0 Å². The highest BCUT2D eigenvalue weighted by Crippen LogP contribution is 2.19. The van der Waals surface area contributed by atoms with Gasteiger partial charge >= 0.3 is 0 Å². The molecule has 0 spiro atoms. The van der Waals surface area contributed by atoms with E-state index >= 15 is 0 Å². The minimum absolute atomic E-state index is 0.699. The Bertz CT molecular complexity index is 446. The van der Waals surface area contributed by atoms with Gasteiger partial charge in [-0.15, -0.1) is 0 Å². The Morgan fingerprint density at radius 1 is 1.20 bits per heavy atom. The molecule has 2 nitrogen and oxygen atoms in total. The van der Waals surface area contributed by atoms with Crippen LogP contribution in [0.2, 0.25) is 0 Å². The molecule has 2 rings (SSSR count). The molecule has 0 bridgehead atoms. The Hall–Kier alpha value is -1.83. The molecular formula is C13H14N2. The van der Waals surface area contributed by atoms with Gasteiger partial charge in [-0.1, -0.05) is 25.1 Å². The molecule has 76 valence electrons. The lowest BCUT2D eigenvalue weighted by Crippen LogP contribution is -1.89. The highest BCUT2D eigenvalue weighted by atomic mass is 14.7. The van der Waals surface area contributed by atoms with E-state index in [1.54, 1.807) is 6.20 Å². The first-order valence-electron chi connectivity index (χ1n) is 5.10. The summed E-state index contributed by atoms with van der Waals surface area (Å²) in [5.74, 6) is 0. The van der Waals surface area contributed by atoms with E-state index in [0.717, 1.165) is 17.7 Å². The molecule has 15 heavy (non-hydrogen) atoms. The Labute approximate surface area is 89.8 Å². The van der Waals surface area contributed by atoms with E-state index in [0.29, 0.717) is 5.69 Å². The number of nitrogens with two attached hydrogens (primary N) is 1. The number of benzene rings is 1. The molecule has 0 amide bonds. The van der Waals surface area contributed by atoms with E-state index in [4.69, 9.17) is 5.73 Å². The van der Waals surface area contributed by atoms with Crippen LogP contribution in [0.3, 0.4) is 0 Å². The lowest BCUT2D eigenvalue weighted by molar-refractivity contribution is 1.14. The van der Waals surface area contributed by atoms with Crippen LogP contribution in [0, 0.1) is 0 Å². The standard InChI is InChI=1S/C13H14N2/c1-2-10-4-3-5-11(8-10)13-7-6-12(14)9-15-13/h3-9H,2,14H2,1H3. The van der Waals surface area contributed by atoms with Gasteiger partial charge in [0.15, 0.2) is 0 Å². The largest absolute Gasteiger partial charge is 0.397 e. The lowest BCUT2D eigenvalue weighted by atomic mass is 10.1. The van der Waals surface area contributed by atoms with E-state index in [-0.39, 0.29) is 0 Å². The van der Waals surface area contributed by atoms with Crippen LogP contribution in [0.1, 0.15) is 12.5 Å². The summed E-state index contributed by atoms with van der Waals surface area (Å²) < 4.78 is 0. The van der Waals surface area contributed by atoms with Crippen LogP contribution in [-0.4, -0.2) is 4.98 Å². The molecule has 0 unspecified atom stereocenters. The number of hydrogen-bond acceptors (Lipinski definition) is 2. The molecule has 0 saturated heterocycles. The number of pyridine rings is 1.